The van der Waals surface area contributed by atoms with Crippen molar-refractivity contribution in [1.82, 2.24) is 5.32 Å². The molecule has 0 aromatic heterocycles. The van der Waals surface area contributed by atoms with Gasteiger partial charge in [0.05, 0.1) is 12.7 Å². The first-order chi connectivity index (χ1) is 10.2. The number of rotatable bonds is 5. The first kappa shape index (κ1) is 14.9. The van der Waals surface area contributed by atoms with Crippen LogP contribution in [-0.2, 0) is 0 Å². The summed E-state index contributed by atoms with van der Waals surface area (Å²) in [6, 6.07) is 17.2. The third-order valence-electron chi connectivity index (χ3n) is 3.09. The number of ether oxygens (including phenoxy) is 1. The van der Waals surface area contributed by atoms with E-state index in [9.17, 15) is 4.79 Å². The molecule has 1 N–H and O–H groups in total. The van der Waals surface area contributed by atoms with Crippen molar-refractivity contribution >= 4 is 12.0 Å². The molecule has 0 heterocycles. The number of carbonyl (C=O) groups is 1. The largest absolute Gasteiger partial charge is 0.496 e. The molecule has 0 atom stereocenters. The van der Waals surface area contributed by atoms with E-state index in [-0.39, 0.29) is 5.91 Å². The minimum absolute atomic E-state index is 0.131. The van der Waals surface area contributed by atoms with Crippen LogP contribution in [0.5, 0.6) is 5.75 Å². The molecular formula is C18H19NO2. The number of methoxy groups -OCH3 is 1. The molecule has 0 unspecified atom stereocenters. The summed E-state index contributed by atoms with van der Waals surface area (Å²) in [4.78, 5) is 12.2. The molecule has 3 nitrogen and oxygen atoms in total. The Balaban J connectivity index is 1.99. The lowest BCUT2D eigenvalue weighted by Crippen LogP contribution is -2.25. The fraction of sp³-hybridized carbons (Fsp3) is 0.167. The van der Waals surface area contributed by atoms with Gasteiger partial charge in [-0.05, 0) is 24.6 Å². The van der Waals surface area contributed by atoms with E-state index >= 15 is 0 Å². The highest BCUT2D eigenvalue weighted by Crippen LogP contribution is 2.16. The molecule has 2 rings (SSSR count). The number of hydrogen-bond donors (Lipinski definition) is 1. The van der Waals surface area contributed by atoms with Gasteiger partial charge in [0.2, 0.25) is 0 Å². The SMILES string of the molecule is COc1ccccc1C(=O)NCC(C)=Cc1ccccc1. The van der Waals surface area contributed by atoms with Crippen molar-refractivity contribution in [2.75, 3.05) is 13.7 Å². The molecule has 0 aliphatic rings. The van der Waals surface area contributed by atoms with Gasteiger partial charge < -0.3 is 10.1 Å². The number of benzene rings is 2. The summed E-state index contributed by atoms with van der Waals surface area (Å²) in [5.41, 5.74) is 2.76. The summed E-state index contributed by atoms with van der Waals surface area (Å²) in [5.74, 6) is 0.452. The molecule has 108 valence electrons. The summed E-state index contributed by atoms with van der Waals surface area (Å²) < 4.78 is 5.19. The predicted octanol–water partition coefficient (Wildman–Crippen LogP) is 3.53. The van der Waals surface area contributed by atoms with Crippen LogP contribution in [-0.4, -0.2) is 19.6 Å². The lowest BCUT2D eigenvalue weighted by atomic mass is 10.1. The molecule has 0 aliphatic heterocycles. The second-order valence-corrected chi connectivity index (χ2v) is 4.78. The van der Waals surface area contributed by atoms with Crippen molar-refractivity contribution < 1.29 is 9.53 Å². The standard InChI is InChI=1S/C18H19NO2/c1-14(12-15-8-4-3-5-9-15)13-19-18(20)16-10-6-7-11-17(16)21-2/h3-12H,13H2,1-2H3,(H,19,20). The van der Waals surface area contributed by atoms with E-state index in [0.717, 1.165) is 11.1 Å². The summed E-state index contributed by atoms with van der Waals surface area (Å²) >= 11 is 0. The van der Waals surface area contributed by atoms with Crippen LogP contribution in [0, 0.1) is 0 Å². The zero-order valence-electron chi connectivity index (χ0n) is 12.3. The van der Waals surface area contributed by atoms with Gasteiger partial charge in [0.15, 0.2) is 0 Å². The van der Waals surface area contributed by atoms with Crippen molar-refractivity contribution in [3.8, 4) is 5.75 Å². The molecule has 2 aromatic carbocycles. The monoisotopic (exact) mass is 281 g/mol. The molecule has 1 amide bonds. The maximum absolute atomic E-state index is 12.2. The first-order valence-corrected chi connectivity index (χ1v) is 6.84. The van der Waals surface area contributed by atoms with Gasteiger partial charge in [0.1, 0.15) is 5.75 Å². The molecule has 0 aliphatic carbocycles. The fourth-order valence-corrected chi connectivity index (χ4v) is 2.03. The predicted molar refractivity (Wildman–Crippen MR) is 85.4 cm³/mol. The average molecular weight is 281 g/mol. The smallest absolute Gasteiger partial charge is 0.255 e. The first-order valence-electron chi connectivity index (χ1n) is 6.84. The molecule has 0 radical (unpaired) electrons. The van der Waals surface area contributed by atoms with Gasteiger partial charge in [0, 0.05) is 6.54 Å². The lowest BCUT2D eigenvalue weighted by molar-refractivity contribution is 0.0954. The van der Waals surface area contributed by atoms with Gasteiger partial charge in [0.25, 0.3) is 5.91 Å². The quantitative estimate of drug-likeness (QED) is 0.910. The average Bonchev–Trinajstić information content (AvgIpc) is 2.53. The summed E-state index contributed by atoms with van der Waals surface area (Å²) in [7, 11) is 1.56. The fourth-order valence-electron chi connectivity index (χ4n) is 2.03. The van der Waals surface area contributed by atoms with Gasteiger partial charge >= 0.3 is 0 Å². The molecule has 2 aromatic rings. The Morgan fingerprint density at radius 3 is 2.48 bits per heavy atom. The third-order valence-corrected chi connectivity index (χ3v) is 3.09. The van der Waals surface area contributed by atoms with E-state index < -0.39 is 0 Å². The van der Waals surface area contributed by atoms with E-state index in [0.29, 0.717) is 17.9 Å². The summed E-state index contributed by atoms with van der Waals surface area (Å²) in [5, 5.41) is 2.91. The van der Waals surface area contributed by atoms with Gasteiger partial charge in [-0.25, -0.2) is 0 Å². The topological polar surface area (TPSA) is 38.3 Å². The molecule has 21 heavy (non-hydrogen) atoms. The maximum atomic E-state index is 12.2. The normalized spacial score (nSPS) is 11.0. The lowest BCUT2D eigenvalue weighted by Gasteiger charge is -2.09. The van der Waals surface area contributed by atoms with E-state index in [1.165, 1.54) is 0 Å². The highest BCUT2D eigenvalue weighted by atomic mass is 16.5. The van der Waals surface area contributed by atoms with E-state index in [1.807, 2.05) is 49.4 Å². The Hall–Kier alpha value is -2.55. The summed E-state index contributed by atoms with van der Waals surface area (Å²) in [6.07, 6.45) is 2.06. The van der Waals surface area contributed by atoms with Crippen molar-refractivity contribution in [1.29, 1.82) is 0 Å². The van der Waals surface area contributed by atoms with Crippen LogP contribution in [0.25, 0.3) is 6.08 Å². The van der Waals surface area contributed by atoms with E-state index in [4.69, 9.17) is 4.74 Å². The zero-order valence-corrected chi connectivity index (χ0v) is 12.3. The number of carbonyl (C=O) groups excluding carboxylic acids is 1. The van der Waals surface area contributed by atoms with Gasteiger partial charge in [-0.3, -0.25) is 4.79 Å². The van der Waals surface area contributed by atoms with Crippen LogP contribution in [0.1, 0.15) is 22.8 Å². The number of nitrogens with one attached hydrogen (secondary N) is 1. The Bertz CT molecular complexity index is 633. The molecule has 0 bridgehead atoms. The summed E-state index contributed by atoms with van der Waals surface area (Å²) in [6.45, 7) is 2.50. The Kier molecular flexibility index (Phi) is 5.16. The number of para-hydroxylation sites is 1. The van der Waals surface area contributed by atoms with Crippen LogP contribution in [0.15, 0.2) is 60.2 Å². The maximum Gasteiger partial charge on any atom is 0.255 e. The van der Waals surface area contributed by atoms with Crippen LogP contribution < -0.4 is 10.1 Å². The third kappa shape index (κ3) is 4.21. The minimum atomic E-state index is -0.131. The second kappa shape index (κ2) is 7.29. The van der Waals surface area contributed by atoms with Crippen molar-refractivity contribution in [2.45, 2.75) is 6.92 Å². The second-order valence-electron chi connectivity index (χ2n) is 4.78. The van der Waals surface area contributed by atoms with E-state index in [2.05, 4.69) is 11.4 Å². The molecule has 0 saturated carbocycles. The highest BCUT2D eigenvalue weighted by molar-refractivity contribution is 5.97. The van der Waals surface area contributed by atoms with Crippen molar-refractivity contribution in [3.05, 3.63) is 71.3 Å². The molecule has 3 heteroatoms. The Morgan fingerprint density at radius 1 is 1.10 bits per heavy atom. The number of amides is 1. The van der Waals surface area contributed by atoms with Crippen LogP contribution in [0.3, 0.4) is 0 Å². The van der Waals surface area contributed by atoms with Gasteiger partial charge in [-0.1, -0.05) is 54.1 Å². The van der Waals surface area contributed by atoms with Crippen LogP contribution in [0.4, 0.5) is 0 Å². The molecule has 0 fully saturated rings. The van der Waals surface area contributed by atoms with Crippen LogP contribution >= 0.6 is 0 Å². The highest BCUT2D eigenvalue weighted by Gasteiger charge is 2.10. The Morgan fingerprint density at radius 2 is 1.76 bits per heavy atom. The van der Waals surface area contributed by atoms with E-state index in [1.54, 1.807) is 19.2 Å². The number of hydrogen-bond acceptors (Lipinski definition) is 2. The molecule has 0 saturated heterocycles. The molecular weight excluding hydrogens is 262 g/mol. The van der Waals surface area contributed by atoms with Crippen molar-refractivity contribution in [3.63, 3.8) is 0 Å². The molecule has 0 spiro atoms. The zero-order chi connectivity index (χ0) is 15.1. The van der Waals surface area contributed by atoms with Gasteiger partial charge in [-0.15, -0.1) is 0 Å². The minimum Gasteiger partial charge on any atom is -0.496 e. The Labute approximate surface area is 125 Å². The van der Waals surface area contributed by atoms with Crippen LogP contribution in [0.2, 0.25) is 0 Å². The van der Waals surface area contributed by atoms with Gasteiger partial charge in [-0.2, -0.15) is 0 Å². The van der Waals surface area contributed by atoms with Crippen molar-refractivity contribution in [2.24, 2.45) is 0 Å².